The lowest BCUT2D eigenvalue weighted by atomic mass is 9.94. The minimum atomic E-state index is -0.208. The smallest absolute Gasteiger partial charge is 0.184 e. The van der Waals surface area contributed by atoms with Crippen LogP contribution in [0.3, 0.4) is 0 Å². The number of carbonyl (C=O) groups is 1. The van der Waals surface area contributed by atoms with Crippen LogP contribution >= 0.6 is 11.6 Å². The van der Waals surface area contributed by atoms with Gasteiger partial charge in [-0.15, -0.1) is 0 Å². The van der Waals surface area contributed by atoms with Gasteiger partial charge in [0, 0.05) is 10.6 Å². The van der Waals surface area contributed by atoms with E-state index in [1.54, 1.807) is 0 Å². The average Bonchev–Trinajstić information content (AvgIpc) is 2.58. The SMILES string of the molecule is O=C(c1ccccc1)[C@@H](c1ccc(Cl)cc1)N1CCCCC1. The molecule has 0 spiro atoms. The molecule has 22 heavy (non-hydrogen) atoms. The largest absolute Gasteiger partial charge is 0.292 e. The molecular formula is C19H20ClNO. The number of Topliss-reactive ketones (excluding diaryl/α,β-unsaturated/α-hetero) is 1. The number of benzene rings is 2. The van der Waals surface area contributed by atoms with Gasteiger partial charge in [-0.2, -0.15) is 0 Å². The van der Waals surface area contributed by atoms with Crippen LogP contribution in [0.4, 0.5) is 0 Å². The van der Waals surface area contributed by atoms with Crippen LogP contribution in [0.25, 0.3) is 0 Å². The van der Waals surface area contributed by atoms with Crippen LogP contribution < -0.4 is 0 Å². The van der Waals surface area contributed by atoms with Crippen molar-refractivity contribution in [1.29, 1.82) is 0 Å². The lowest BCUT2D eigenvalue weighted by Crippen LogP contribution is -2.38. The minimum Gasteiger partial charge on any atom is -0.292 e. The second-order valence-electron chi connectivity index (χ2n) is 5.78. The van der Waals surface area contributed by atoms with Crippen LogP contribution in [0.1, 0.15) is 41.2 Å². The first kappa shape index (κ1) is 15.3. The molecule has 1 atom stereocenters. The van der Waals surface area contributed by atoms with Crippen molar-refractivity contribution in [2.45, 2.75) is 25.3 Å². The molecule has 114 valence electrons. The molecule has 0 unspecified atom stereocenters. The molecule has 3 heteroatoms. The van der Waals surface area contributed by atoms with Crippen LogP contribution in [0.5, 0.6) is 0 Å². The molecule has 1 saturated heterocycles. The van der Waals surface area contributed by atoms with E-state index in [1.807, 2.05) is 54.6 Å². The van der Waals surface area contributed by atoms with Crippen molar-refractivity contribution in [1.82, 2.24) is 4.90 Å². The van der Waals surface area contributed by atoms with Crippen LogP contribution in [0, 0.1) is 0 Å². The lowest BCUT2D eigenvalue weighted by molar-refractivity contribution is 0.0783. The zero-order valence-corrected chi connectivity index (χ0v) is 13.3. The molecule has 1 aliphatic heterocycles. The van der Waals surface area contributed by atoms with Crippen LogP contribution in [0.2, 0.25) is 5.02 Å². The van der Waals surface area contributed by atoms with Gasteiger partial charge in [-0.1, -0.05) is 60.5 Å². The number of likely N-dealkylation sites (tertiary alicyclic amines) is 1. The monoisotopic (exact) mass is 313 g/mol. The molecule has 0 bridgehead atoms. The van der Waals surface area contributed by atoms with E-state index in [-0.39, 0.29) is 11.8 Å². The van der Waals surface area contributed by atoms with Gasteiger partial charge in [0.15, 0.2) is 5.78 Å². The van der Waals surface area contributed by atoms with Crippen molar-refractivity contribution in [2.24, 2.45) is 0 Å². The number of halogens is 1. The van der Waals surface area contributed by atoms with E-state index in [0.717, 1.165) is 37.1 Å². The van der Waals surface area contributed by atoms with E-state index in [1.165, 1.54) is 6.42 Å². The molecule has 2 aromatic rings. The maximum Gasteiger partial charge on any atom is 0.184 e. The summed E-state index contributed by atoms with van der Waals surface area (Å²) < 4.78 is 0. The molecule has 0 aromatic heterocycles. The third-order valence-electron chi connectivity index (χ3n) is 4.25. The van der Waals surface area contributed by atoms with Crippen molar-refractivity contribution < 1.29 is 4.79 Å². The first-order valence-electron chi connectivity index (χ1n) is 7.84. The van der Waals surface area contributed by atoms with E-state index in [0.29, 0.717) is 5.02 Å². The van der Waals surface area contributed by atoms with Crippen molar-refractivity contribution in [2.75, 3.05) is 13.1 Å². The van der Waals surface area contributed by atoms with Crippen molar-refractivity contribution in [3.05, 3.63) is 70.7 Å². The number of hydrogen-bond donors (Lipinski definition) is 0. The molecule has 0 amide bonds. The highest BCUT2D eigenvalue weighted by molar-refractivity contribution is 6.30. The average molecular weight is 314 g/mol. The molecule has 3 rings (SSSR count). The van der Waals surface area contributed by atoms with Crippen molar-refractivity contribution in [3.63, 3.8) is 0 Å². The van der Waals surface area contributed by atoms with E-state index >= 15 is 0 Å². The third-order valence-corrected chi connectivity index (χ3v) is 4.50. The molecule has 2 aromatic carbocycles. The van der Waals surface area contributed by atoms with E-state index in [4.69, 9.17) is 11.6 Å². The van der Waals surface area contributed by atoms with E-state index in [2.05, 4.69) is 4.90 Å². The number of ketones is 1. The molecule has 0 N–H and O–H groups in total. The van der Waals surface area contributed by atoms with Crippen molar-refractivity contribution in [3.8, 4) is 0 Å². The highest BCUT2D eigenvalue weighted by Crippen LogP contribution is 2.29. The second kappa shape index (κ2) is 7.08. The first-order chi connectivity index (χ1) is 10.8. The number of carbonyl (C=O) groups excluding carboxylic acids is 1. The Bertz CT molecular complexity index is 618. The summed E-state index contributed by atoms with van der Waals surface area (Å²) in [6.45, 7) is 1.96. The molecule has 1 fully saturated rings. The Morgan fingerprint density at radius 3 is 2.18 bits per heavy atom. The lowest BCUT2D eigenvalue weighted by Gasteiger charge is -2.34. The van der Waals surface area contributed by atoms with Gasteiger partial charge >= 0.3 is 0 Å². The topological polar surface area (TPSA) is 20.3 Å². The van der Waals surface area contributed by atoms with Gasteiger partial charge in [0.05, 0.1) is 6.04 Å². The Balaban J connectivity index is 1.95. The predicted octanol–water partition coefficient (Wildman–Crippen LogP) is 4.75. The fourth-order valence-corrected chi connectivity index (χ4v) is 3.24. The van der Waals surface area contributed by atoms with Gasteiger partial charge in [-0.05, 0) is 43.6 Å². The summed E-state index contributed by atoms with van der Waals surface area (Å²) in [5, 5.41) is 0.702. The Morgan fingerprint density at radius 1 is 0.909 bits per heavy atom. The molecule has 1 heterocycles. The summed E-state index contributed by atoms with van der Waals surface area (Å²) in [5.74, 6) is 0.171. The Morgan fingerprint density at radius 2 is 1.55 bits per heavy atom. The van der Waals surface area contributed by atoms with Crippen LogP contribution in [-0.4, -0.2) is 23.8 Å². The standard InChI is InChI=1S/C19H20ClNO/c20-17-11-9-15(10-12-17)18(21-13-5-2-6-14-21)19(22)16-7-3-1-4-8-16/h1,3-4,7-12,18H,2,5-6,13-14H2/t18-/m1/s1. The van der Waals surface area contributed by atoms with Gasteiger partial charge in [0.2, 0.25) is 0 Å². The van der Waals surface area contributed by atoms with E-state index < -0.39 is 0 Å². The summed E-state index contributed by atoms with van der Waals surface area (Å²) >= 11 is 6.00. The molecule has 0 aliphatic carbocycles. The quantitative estimate of drug-likeness (QED) is 0.759. The highest BCUT2D eigenvalue weighted by Gasteiger charge is 2.29. The van der Waals surface area contributed by atoms with Crippen LogP contribution in [0.15, 0.2) is 54.6 Å². The molecule has 0 saturated carbocycles. The Kier molecular flexibility index (Phi) is 4.91. The molecule has 2 nitrogen and oxygen atoms in total. The number of hydrogen-bond acceptors (Lipinski definition) is 2. The summed E-state index contributed by atoms with van der Waals surface area (Å²) in [5.41, 5.74) is 1.80. The maximum absolute atomic E-state index is 13.1. The number of rotatable bonds is 4. The minimum absolute atomic E-state index is 0.171. The summed E-state index contributed by atoms with van der Waals surface area (Å²) in [6, 6.07) is 17.0. The van der Waals surface area contributed by atoms with Gasteiger partial charge in [0.1, 0.15) is 0 Å². The Labute approximate surface area is 136 Å². The van der Waals surface area contributed by atoms with Gasteiger partial charge in [-0.3, -0.25) is 9.69 Å². The highest BCUT2D eigenvalue weighted by atomic mass is 35.5. The molecule has 1 aliphatic rings. The molecule has 0 radical (unpaired) electrons. The predicted molar refractivity (Wildman–Crippen MR) is 90.4 cm³/mol. The fraction of sp³-hybridized carbons (Fsp3) is 0.316. The zero-order valence-electron chi connectivity index (χ0n) is 12.5. The second-order valence-corrected chi connectivity index (χ2v) is 6.22. The van der Waals surface area contributed by atoms with Gasteiger partial charge < -0.3 is 0 Å². The fourth-order valence-electron chi connectivity index (χ4n) is 3.11. The summed E-state index contributed by atoms with van der Waals surface area (Å²) in [7, 11) is 0. The van der Waals surface area contributed by atoms with E-state index in [9.17, 15) is 4.79 Å². The first-order valence-corrected chi connectivity index (χ1v) is 8.22. The number of nitrogens with zero attached hydrogens (tertiary/aromatic N) is 1. The van der Waals surface area contributed by atoms with Gasteiger partial charge in [-0.25, -0.2) is 0 Å². The normalized spacial score (nSPS) is 17.1. The van der Waals surface area contributed by atoms with Gasteiger partial charge in [0.25, 0.3) is 0 Å². The summed E-state index contributed by atoms with van der Waals surface area (Å²) in [6.07, 6.45) is 3.57. The van der Waals surface area contributed by atoms with Crippen LogP contribution in [-0.2, 0) is 0 Å². The third kappa shape index (κ3) is 3.40. The zero-order chi connectivity index (χ0) is 15.4. The summed E-state index contributed by atoms with van der Waals surface area (Å²) in [4.78, 5) is 15.4. The Hall–Kier alpha value is -1.64. The maximum atomic E-state index is 13.1. The molecular weight excluding hydrogens is 294 g/mol. The number of piperidine rings is 1. The van der Waals surface area contributed by atoms with Crippen molar-refractivity contribution >= 4 is 17.4 Å².